The molecular formula is C20H21ClN2O5S. The molecule has 7 nitrogen and oxygen atoms in total. The fourth-order valence-corrected chi connectivity index (χ4v) is 4.55. The summed E-state index contributed by atoms with van der Waals surface area (Å²) in [6.07, 6.45) is 2.76. The van der Waals surface area contributed by atoms with Crippen LogP contribution < -0.4 is 10.0 Å². The first-order valence-corrected chi connectivity index (χ1v) is 11.0. The Morgan fingerprint density at radius 1 is 1.21 bits per heavy atom. The zero-order valence-electron chi connectivity index (χ0n) is 15.8. The third-order valence-corrected chi connectivity index (χ3v) is 6.66. The number of hydrogen-bond donors (Lipinski definition) is 2. The molecule has 9 heteroatoms. The van der Waals surface area contributed by atoms with Gasteiger partial charge in [-0.25, -0.2) is 17.9 Å². The molecule has 1 atom stereocenters. The van der Waals surface area contributed by atoms with Gasteiger partial charge in [0.05, 0.1) is 16.6 Å². The predicted molar refractivity (Wildman–Crippen MR) is 108 cm³/mol. The number of sulfonamides is 1. The van der Waals surface area contributed by atoms with E-state index in [9.17, 15) is 18.0 Å². The van der Waals surface area contributed by atoms with Gasteiger partial charge in [0.15, 0.2) is 6.61 Å². The maximum absolute atomic E-state index is 12.3. The monoisotopic (exact) mass is 436 g/mol. The second kappa shape index (κ2) is 8.94. The molecule has 3 rings (SSSR count). The summed E-state index contributed by atoms with van der Waals surface area (Å²) in [7, 11) is -2.59. The van der Waals surface area contributed by atoms with Crippen LogP contribution in [0.3, 0.4) is 0 Å². The maximum Gasteiger partial charge on any atom is 0.338 e. The van der Waals surface area contributed by atoms with E-state index < -0.39 is 28.5 Å². The first-order chi connectivity index (χ1) is 13.8. The Kier molecular flexibility index (Phi) is 6.56. The summed E-state index contributed by atoms with van der Waals surface area (Å²) in [6, 6.07) is 11.6. The van der Waals surface area contributed by atoms with Crippen LogP contribution in [-0.4, -0.2) is 33.9 Å². The molecule has 0 unspecified atom stereocenters. The van der Waals surface area contributed by atoms with Crippen molar-refractivity contribution in [1.29, 1.82) is 0 Å². The molecule has 0 fully saturated rings. The van der Waals surface area contributed by atoms with Crippen LogP contribution in [0.25, 0.3) is 0 Å². The van der Waals surface area contributed by atoms with Gasteiger partial charge in [-0.3, -0.25) is 4.79 Å². The summed E-state index contributed by atoms with van der Waals surface area (Å²) >= 11 is 5.91. The van der Waals surface area contributed by atoms with E-state index in [1.807, 2.05) is 24.3 Å². The molecule has 2 N–H and O–H groups in total. The molecule has 154 valence electrons. The molecule has 1 amide bonds. The van der Waals surface area contributed by atoms with Gasteiger partial charge >= 0.3 is 5.97 Å². The van der Waals surface area contributed by atoms with Crippen molar-refractivity contribution in [3.05, 3.63) is 64.2 Å². The van der Waals surface area contributed by atoms with Crippen molar-refractivity contribution in [3.8, 4) is 0 Å². The summed E-state index contributed by atoms with van der Waals surface area (Å²) in [6.45, 7) is -0.464. The summed E-state index contributed by atoms with van der Waals surface area (Å²) in [4.78, 5) is 24.3. The van der Waals surface area contributed by atoms with Crippen molar-refractivity contribution in [2.75, 3.05) is 13.7 Å². The molecule has 2 aromatic rings. The van der Waals surface area contributed by atoms with Crippen molar-refractivity contribution < 1.29 is 22.7 Å². The van der Waals surface area contributed by atoms with Crippen LogP contribution in [-0.2, 0) is 26.0 Å². The average molecular weight is 437 g/mol. The number of ether oxygens (including phenoxy) is 1. The normalized spacial score (nSPS) is 16.0. The van der Waals surface area contributed by atoms with Crippen LogP contribution in [0.15, 0.2) is 47.4 Å². The van der Waals surface area contributed by atoms with Gasteiger partial charge < -0.3 is 10.1 Å². The highest BCUT2D eigenvalue weighted by molar-refractivity contribution is 7.89. The molecule has 0 aliphatic heterocycles. The summed E-state index contributed by atoms with van der Waals surface area (Å²) < 4.78 is 31.1. The van der Waals surface area contributed by atoms with Crippen LogP contribution in [0, 0.1) is 0 Å². The molecule has 0 aromatic heterocycles. The highest BCUT2D eigenvalue weighted by Crippen LogP contribution is 2.29. The molecule has 0 saturated carbocycles. The van der Waals surface area contributed by atoms with Crippen LogP contribution in [0.2, 0.25) is 5.02 Å². The molecule has 1 aliphatic carbocycles. The quantitative estimate of drug-likeness (QED) is 0.678. The minimum absolute atomic E-state index is 0.0148. The number of halogens is 1. The Morgan fingerprint density at radius 2 is 1.97 bits per heavy atom. The van der Waals surface area contributed by atoms with E-state index in [1.165, 1.54) is 24.7 Å². The van der Waals surface area contributed by atoms with E-state index in [2.05, 4.69) is 10.0 Å². The molecule has 0 saturated heterocycles. The lowest BCUT2D eigenvalue weighted by Gasteiger charge is -2.26. The summed E-state index contributed by atoms with van der Waals surface area (Å²) in [5.74, 6) is -1.23. The SMILES string of the molecule is CNS(=O)(=O)c1cc(C(=O)OCC(=O)N[C@@H]2CCCc3ccccc32)ccc1Cl. The topological polar surface area (TPSA) is 102 Å². The number of fused-ring (bicyclic) bond motifs is 1. The first kappa shape index (κ1) is 21.3. The number of carbonyl (C=O) groups excluding carboxylic acids is 2. The van der Waals surface area contributed by atoms with Crippen molar-refractivity contribution in [3.63, 3.8) is 0 Å². The van der Waals surface area contributed by atoms with E-state index in [0.717, 1.165) is 30.9 Å². The fourth-order valence-electron chi connectivity index (χ4n) is 3.30. The van der Waals surface area contributed by atoms with Crippen LogP contribution in [0.4, 0.5) is 0 Å². The van der Waals surface area contributed by atoms with Gasteiger partial charge in [-0.15, -0.1) is 0 Å². The lowest BCUT2D eigenvalue weighted by atomic mass is 9.88. The van der Waals surface area contributed by atoms with Gasteiger partial charge in [0.2, 0.25) is 10.0 Å². The molecule has 0 heterocycles. The Bertz CT molecular complexity index is 1040. The van der Waals surface area contributed by atoms with Gasteiger partial charge in [-0.1, -0.05) is 35.9 Å². The maximum atomic E-state index is 12.3. The molecule has 29 heavy (non-hydrogen) atoms. The number of nitrogens with one attached hydrogen (secondary N) is 2. The van der Waals surface area contributed by atoms with Crippen molar-refractivity contribution in [2.45, 2.75) is 30.2 Å². The lowest BCUT2D eigenvalue weighted by Crippen LogP contribution is -2.34. The van der Waals surface area contributed by atoms with Crippen LogP contribution >= 0.6 is 11.6 Å². The van der Waals surface area contributed by atoms with Gasteiger partial charge in [0, 0.05) is 0 Å². The zero-order chi connectivity index (χ0) is 21.0. The predicted octanol–water partition coefficient (Wildman–Crippen LogP) is 2.60. The summed E-state index contributed by atoms with van der Waals surface area (Å²) in [5.41, 5.74) is 2.28. The smallest absolute Gasteiger partial charge is 0.338 e. The van der Waals surface area contributed by atoms with Gasteiger partial charge in [-0.2, -0.15) is 0 Å². The van der Waals surface area contributed by atoms with Gasteiger partial charge in [-0.05, 0) is 55.6 Å². The highest BCUT2D eigenvalue weighted by atomic mass is 35.5. The van der Waals surface area contributed by atoms with Crippen molar-refractivity contribution >= 4 is 33.5 Å². The van der Waals surface area contributed by atoms with E-state index >= 15 is 0 Å². The Balaban J connectivity index is 1.63. The lowest BCUT2D eigenvalue weighted by molar-refractivity contribution is -0.125. The van der Waals surface area contributed by atoms with Crippen LogP contribution in [0.1, 0.15) is 40.4 Å². The number of aryl methyl sites for hydroxylation is 1. The zero-order valence-corrected chi connectivity index (χ0v) is 17.3. The molecule has 1 aliphatic rings. The average Bonchev–Trinajstić information content (AvgIpc) is 2.72. The van der Waals surface area contributed by atoms with Crippen molar-refractivity contribution in [2.24, 2.45) is 0 Å². The minimum Gasteiger partial charge on any atom is -0.452 e. The van der Waals surface area contributed by atoms with Crippen LogP contribution in [0.5, 0.6) is 0 Å². The molecular weight excluding hydrogens is 416 g/mol. The van der Waals surface area contributed by atoms with Gasteiger partial charge in [0.1, 0.15) is 4.90 Å². The van der Waals surface area contributed by atoms with E-state index in [4.69, 9.17) is 16.3 Å². The van der Waals surface area contributed by atoms with E-state index in [0.29, 0.717) is 0 Å². The number of hydrogen-bond acceptors (Lipinski definition) is 5. The molecule has 0 bridgehead atoms. The summed E-state index contributed by atoms with van der Waals surface area (Å²) in [5, 5.41) is 2.87. The largest absolute Gasteiger partial charge is 0.452 e. The number of rotatable bonds is 6. The Hall–Kier alpha value is -2.42. The highest BCUT2D eigenvalue weighted by Gasteiger charge is 2.23. The number of amides is 1. The molecule has 0 spiro atoms. The fraction of sp³-hybridized carbons (Fsp3) is 0.300. The third-order valence-electron chi connectivity index (χ3n) is 4.76. The van der Waals surface area contributed by atoms with Crippen molar-refractivity contribution in [1.82, 2.24) is 10.0 Å². The standard InChI is InChI=1S/C20H21ClN2O5S/c1-22-29(26,27)18-11-14(9-10-16(18)21)20(25)28-12-19(24)23-17-8-4-6-13-5-2-3-7-15(13)17/h2-3,5,7,9-11,17,22H,4,6,8,12H2,1H3,(H,23,24)/t17-/m1/s1. The second-order valence-electron chi connectivity index (χ2n) is 6.64. The Labute approximate surface area is 174 Å². The van der Waals surface area contributed by atoms with Gasteiger partial charge in [0.25, 0.3) is 5.91 Å². The number of esters is 1. The minimum atomic E-state index is -3.83. The number of carbonyl (C=O) groups is 2. The van der Waals surface area contributed by atoms with E-state index in [1.54, 1.807) is 0 Å². The number of benzene rings is 2. The second-order valence-corrected chi connectivity index (χ2v) is 8.90. The van der Waals surface area contributed by atoms with E-state index in [-0.39, 0.29) is 21.5 Å². The third kappa shape index (κ3) is 4.95. The first-order valence-electron chi connectivity index (χ1n) is 9.09. The Morgan fingerprint density at radius 3 is 2.72 bits per heavy atom. The molecule has 0 radical (unpaired) electrons. The molecule has 2 aromatic carbocycles.